The molecule has 6 heteroatoms. The fraction of sp³-hybridized carbons (Fsp3) is 0.400. The average Bonchev–Trinajstić information content (AvgIpc) is 3.14. The summed E-state index contributed by atoms with van der Waals surface area (Å²) in [4.78, 5) is 8.91. The Kier molecular flexibility index (Phi) is 6.41. The molecule has 1 aromatic carbocycles. The topological polar surface area (TPSA) is 58.5 Å². The van der Waals surface area contributed by atoms with Gasteiger partial charge < -0.3 is 15.4 Å². The molecule has 0 unspecified atom stereocenters. The van der Waals surface area contributed by atoms with Gasteiger partial charge in [0.25, 0.3) is 0 Å². The SMILES string of the molecule is CCNC(=NCc1ccc(Oc2cccc(F)c2)nc1)NC1CCCC1. The number of halogens is 1. The standard InChI is InChI=1S/C20H25FN4O/c1-2-22-20(25-17-7-3-4-8-17)24-14-15-10-11-19(23-13-15)26-18-9-5-6-16(21)12-18/h5-6,9-13,17H,2-4,7-8,14H2,1H3,(H2,22,24,25). The van der Waals surface area contributed by atoms with Crippen LogP contribution in [0.1, 0.15) is 38.2 Å². The summed E-state index contributed by atoms with van der Waals surface area (Å²) in [5, 5.41) is 6.78. The lowest BCUT2D eigenvalue weighted by Crippen LogP contribution is -2.42. The summed E-state index contributed by atoms with van der Waals surface area (Å²) in [5.41, 5.74) is 0.986. The zero-order valence-electron chi connectivity index (χ0n) is 15.0. The lowest BCUT2D eigenvalue weighted by molar-refractivity contribution is 0.457. The maximum Gasteiger partial charge on any atom is 0.219 e. The lowest BCUT2D eigenvalue weighted by Gasteiger charge is -2.16. The molecule has 5 nitrogen and oxygen atoms in total. The van der Waals surface area contributed by atoms with E-state index in [4.69, 9.17) is 4.74 Å². The second-order valence-electron chi connectivity index (χ2n) is 6.39. The molecule has 1 heterocycles. The molecule has 0 atom stereocenters. The summed E-state index contributed by atoms with van der Waals surface area (Å²) in [5.74, 6) is 1.37. The van der Waals surface area contributed by atoms with Crippen LogP contribution < -0.4 is 15.4 Å². The number of nitrogens with one attached hydrogen (secondary N) is 2. The molecule has 0 saturated heterocycles. The van der Waals surface area contributed by atoms with Crippen LogP contribution in [0.3, 0.4) is 0 Å². The molecule has 1 fully saturated rings. The van der Waals surface area contributed by atoms with Crippen molar-refractivity contribution in [3.05, 3.63) is 54.0 Å². The summed E-state index contributed by atoms with van der Waals surface area (Å²) in [6, 6.07) is 10.2. The van der Waals surface area contributed by atoms with Crippen molar-refractivity contribution in [2.45, 2.75) is 45.2 Å². The Morgan fingerprint density at radius 3 is 2.81 bits per heavy atom. The zero-order valence-corrected chi connectivity index (χ0v) is 15.0. The van der Waals surface area contributed by atoms with E-state index in [1.165, 1.54) is 37.8 Å². The van der Waals surface area contributed by atoms with Crippen molar-refractivity contribution in [2.24, 2.45) is 4.99 Å². The van der Waals surface area contributed by atoms with Crippen molar-refractivity contribution in [1.29, 1.82) is 0 Å². The second kappa shape index (κ2) is 9.17. The van der Waals surface area contributed by atoms with Crippen LogP contribution in [0.4, 0.5) is 4.39 Å². The smallest absolute Gasteiger partial charge is 0.219 e. The fourth-order valence-corrected chi connectivity index (χ4v) is 2.97. The highest BCUT2D eigenvalue weighted by Crippen LogP contribution is 2.20. The van der Waals surface area contributed by atoms with Crippen LogP contribution in [0.2, 0.25) is 0 Å². The Balaban J connectivity index is 1.58. The van der Waals surface area contributed by atoms with Gasteiger partial charge in [0.1, 0.15) is 11.6 Å². The average molecular weight is 356 g/mol. The van der Waals surface area contributed by atoms with E-state index in [1.807, 2.05) is 6.07 Å². The molecule has 0 radical (unpaired) electrons. The van der Waals surface area contributed by atoms with Gasteiger partial charge in [-0.1, -0.05) is 25.0 Å². The monoisotopic (exact) mass is 356 g/mol. The van der Waals surface area contributed by atoms with E-state index < -0.39 is 0 Å². The van der Waals surface area contributed by atoms with Crippen LogP contribution in [-0.4, -0.2) is 23.5 Å². The van der Waals surface area contributed by atoms with Crippen LogP contribution in [0, 0.1) is 5.82 Å². The molecular formula is C20H25FN4O. The van der Waals surface area contributed by atoms with Gasteiger partial charge in [0, 0.05) is 30.9 Å². The normalized spacial score (nSPS) is 15.1. The van der Waals surface area contributed by atoms with Gasteiger partial charge in [0.05, 0.1) is 6.54 Å². The van der Waals surface area contributed by atoms with Gasteiger partial charge in [-0.05, 0) is 37.5 Å². The van der Waals surface area contributed by atoms with Crippen LogP contribution in [-0.2, 0) is 6.54 Å². The zero-order chi connectivity index (χ0) is 18.2. The van der Waals surface area contributed by atoms with E-state index in [2.05, 4.69) is 27.5 Å². The van der Waals surface area contributed by atoms with E-state index in [1.54, 1.807) is 24.4 Å². The molecule has 0 aliphatic heterocycles. The first-order valence-electron chi connectivity index (χ1n) is 9.16. The molecule has 1 aliphatic carbocycles. The second-order valence-corrected chi connectivity index (χ2v) is 6.39. The van der Waals surface area contributed by atoms with E-state index in [-0.39, 0.29) is 5.82 Å². The maximum atomic E-state index is 13.2. The maximum absolute atomic E-state index is 13.2. The Morgan fingerprint density at radius 1 is 1.27 bits per heavy atom. The quantitative estimate of drug-likeness (QED) is 0.606. The number of ether oxygens (including phenoxy) is 1. The van der Waals surface area contributed by atoms with E-state index in [0.29, 0.717) is 24.2 Å². The summed E-state index contributed by atoms with van der Waals surface area (Å²) in [7, 11) is 0. The summed E-state index contributed by atoms with van der Waals surface area (Å²) in [6.45, 7) is 3.43. The number of nitrogens with zero attached hydrogens (tertiary/aromatic N) is 2. The summed E-state index contributed by atoms with van der Waals surface area (Å²) < 4.78 is 18.7. The third-order valence-corrected chi connectivity index (χ3v) is 4.28. The molecule has 26 heavy (non-hydrogen) atoms. The van der Waals surface area contributed by atoms with Crippen LogP contribution in [0.15, 0.2) is 47.6 Å². The Hall–Kier alpha value is -2.63. The van der Waals surface area contributed by atoms with Gasteiger partial charge in [-0.2, -0.15) is 0 Å². The molecule has 1 aromatic heterocycles. The number of rotatable bonds is 6. The predicted octanol–water partition coefficient (Wildman–Crippen LogP) is 4.01. The molecular weight excluding hydrogens is 331 g/mol. The number of hydrogen-bond donors (Lipinski definition) is 2. The Labute approximate surface area is 153 Å². The molecule has 0 spiro atoms. The van der Waals surface area contributed by atoms with Crippen molar-refractivity contribution in [3.8, 4) is 11.6 Å². The Morgan fingerprint density at radius 2 is 2.12 bits per heavy atom. The largest absolute Gasteiger partial charge is 0.439 e. The third-order valence-electron chi connectivity index (χ3n) is 4.28. The molecule has 0 bridgehead atoms. The lowest BCUT2D eigenvalue weighted by atomic mass is 10.2. The van der Waals surface area contributed by atoms with Crippen LogP contribution >= 0.6 is 0 Å². The molecule has 2 aromatic rings. The number of aliphatic imine (C=N–C) groups is 1. The summed E-state index contributed by atoms with van der Waals surface area (Å²) in [6.07, 6.45) is 6.72. The minimum Gasteiger partial charge on any atom is -0.439 e. The minimum atomic E-state index is -0.334. The number of pyridine rings is 1. The van der Waals surface area contributed by atoms with Crippen molar-refractivity contribution < 1.29 is 9.13 Å². The molecule has 3 rings (SSSR count). The molecule has 0 amide bonds. The third kappa shape index (κ3) is 5.44. The van der Waals surface area contributed by atoms with Gasteiger partial charge in [0.15, 0.2) is 5.96 Å². The van der Waals surface area contributed by atoms with Crippen molar-refractivity contribution >= 4 is 5.96 Å². The number of benzene rings is 1. The first-order chi connectivity index (χ1) is 12.7. The first-order valence-corrected chi connectivity index (χ1v) is 9.16. The van der Waals surface area contributed by atoms with Gasteiger partial charge >= 0.3 is 0 Å². The van der Waals surface area contributed by atoms with Gasteiger partial charge in [-0.3, -0.25) is 0 Å². The van der Waals surface area contributed by atoms with Gasteiger partial charge in [-0.25, -0.2) is 14.4 Å². The van der Waals surface area contributed by atoms with E-state index in [9.17, 15) is 4.39 Å². The van der Waals surface area contributed by atoms with Gasteiger partial charge in [-0.15, -0.1) is 0 Å². The first kappa shape index (κ1) is 18.2. The molecule has 1 aliphatic rings. The summed E-state index contributed by atoms with van der Waals surface area (Å²) >= 11 is 0. The number of aromatic nitrogens is 1. The van der Waals surface area contributed by atoms with E-state index in [0.717, 1.165) is 18.1 Å². The van der Waals surface area contributed by atoms with Crippen molar-refractivity contribution in [1.82, 2.24) is 15.6 Å². The minimum absolute atomic E-state index is 0.334. The predicted molar refractivity (Wildman–Crippen MR) is 101 cm³/mol. The highest BCUT2D eigenvalue weighted by molar-refractivity contribution is 5.80. The Bertz CT molecular complexity index is 727. The van der Waals surface area contributed by atoms with Gasteiger partial charge in [0.2, 0.25) is 5.88 Å². The molecule has 2 N–H and O–H groups in total. The number of guanidine groups is 1. The highest BCUT2D eigenvalue weighted by Gasteiger charge is 2.15. The number of hydrogen-bond acceptors (Lipinski definition) is 3. The molecule has 1 saturated carbocycles. The van der Waals surface area contributed by atoms with E-state index >= 15 is 0 Å². The van der Waals surface area contributed by atoms with Crippen molar-refractivity contribution in [3.63, 3.8) is 0 Å². The fourth-order valence-electron chi connectivity index (χ4n) is 2.97. The van der Waals surface area contributed by atoms with Crippen LogP contribution in [0.5, 0.6) is 11.6 Å². The van der Waals surface area contributed by atoms with Crippen LogP contribution in [0.25, 0.3) is 0 Å². The highest BCUT2D eigenvalue weighted by atomic mass is 19.1. The molecule has 138 valence electrons. The van der Waals surface area contributed by atoms with Crippen molar-refractivity contribution in [2.75, 3.05) is 6.54 Å².